The number of unbranched alkanes of at least 4 members (excludes halogenated alkanes) is 3. The van der Waals surface area contributed by atoms with Crippen LogP contribution in [0.1, 0.15) is 91.9 Å². The third-order valence-corrected chi connectivity index (χ3v) is 5.96. The van der Waals surface area contributed by atoms with E-state index in [1.165, 1.54) is 25.7 Å². The van der Waals surface area contributed by atoms with Gasteiger partial charge in [-0.1, -0.05) is 72.6 Å². The van der Waals surface area contributed by atoms with Crippen LogP contribution >= 0.6 is 0 Å². The van der Waals surface area contributed by atoms with E-state index in [-0.39, 0.29) is 5.92 Å². The highest BCUT2D eigenvalue weighted by atomic mass is 16.5. The number of carbonyl (C=O) groups excluding carboxylic acids is 1. The van der Waals surface area contributed by atoms with Gasteiger partial charge in [0.05, 0.1) is 6.61 Å². The van der Waals surface area contributed by atoms with Gasteiger partial charge in [0.1, 0.15) is 0 Å². The predicted molar refractivity (Wildman–Crippen MR) is 100 cm³/mol. The molecule has 0 aliphatic heterocycles. The van der Waals surface area contributed by atoms with Crippen molar-refractivity contribution in [3.63, 3.8) is 0 Å². The Kier molecular flexibility index (Phi) is 9.52. The van der Waals surface area contributed by atoms with Crippen molar-refractivity contribution < 1.29 is 19.4 Å². The van der Waals surface area contributed by atoms with Gasteiger partial charge in [0.15, 0.2) is 5.41 Å². The zero-order chi connectivity index (χ0) is 18.9. The lowest BCUT2D eigenvalue weighted by Gasteiger charge is -2.32. The van der Waals surface area contributed by atoms with Gasteiger partial charge in [-0.15, -0.1) is 0 Å². The van der Waals surface area contributed by atoms with Crippen molar-refractivity contribution >= 4 is 11.9 Å². The van der Waals surface area contributed by atoms with Crippen molar-refractivity contribution in [3.8, 4) is 0 Å². The van der Waals surface area contributed by atoms with Gasteiger partial charge >= 0.3 is 11.9 Å². The van der Waals surface area contributed by atoms with E-state index in [9.17, 15) is 14.7 Å². The maximum absolute atomic E-state index is 12.6. The smallest absolute Gasteiger partial charge is 0.323 e. The van der Waals surface area contributed by atoms with Gasteiger partial charge in [-0.2, -0.15) is 0 Å². The van der Waals surface area contributed by atoms with Crippen LogP contribution in [0.25, 0.3) is 0 Å². The second-order valence-corrected chi connectivity index (χ2v) is 8.28. The summed E-state index contributed by atoms with van der Waals surface area (Å²) < 4.78 is 5.55. The zero-order valence-electron chi connectivity index (χ0n) is 16.7. The van der Waals surface area contributed by atoms with Gasteiger partial charge in [-0.05, 0) is 37.0 Å². The van der Waals surface area contributed by atoms with Gasteiger partial charge in [-0.3, -0.25) is 9.59 Å². The molecule has 0 bridgehead atoms. The monoisotopic (exact) mass is 354 g/mol. The number of aliphatic carboxylic acids is 1. The highest BCUT2D eigenvalue weighted by Crippen LogP contribution is 2.38. The standard InChI is InChI=1S/C21H38O4/c1-5-6-7-9-12-18(16(2)3)17(4)15-25-20(24)21(19(22)23)13-10-8-11-14-21/h16-18H,5-15H2,1-4H3,(H,22,23). The van der Waals surface area contributed by atoms with E-state index in [0.29, 0.717) is 31.3 Å². The van der Waals surface area contributed by atoms with Crippen molar-refractivity contribution in [1.29, 1.82) is 0 Å². The summed E-state index contributed by atoms with van der Waals surface area (Å²) in [6.45, 7) is 9.13. The minimum Gasteiger partial charge on any atom is -0.480 e. The molecule has 0 aromatic rings. The molecule has 2 unspecified atom stereocenters. The van der Waals surface area contributed by atoms with Crippen LogP contribution in [-0.2, 0) is 14.3 Å². The number of carboxylic acid groups (broad SMARTS) is 1. The van der Waals surface area contributed by atoms with Crippen molar-refractivity contribution in [2.75, 3.05) is 6.61 Å². The molecule has 1 aliphatic rings. The summed E-state index contributed by atoms with van der Waals surface area (Å²) in [7, 11) is 0. The average Bonchev–Trinajstić information content (AvgIpc) is 2.59. The zero-order valence-corrected chi connectivity index (χ0v) is 16.7. The minimum absolute atomic E-state index is 0.264. The van der Waals surface area contributed by atoms with Gasteiger partial charge in [0, 0.05) is 0 Å². The molecule has 25 heavy (non-hydrogen) atoms. The fraction of sp³-hybridized carbons (Fsp3) is 0.905. The first-order valence-electron chi connectivity index (χ1n) is 10.3. The molecule has 0 radical (unpaired) electrons. The van der Waals surface area contributed by atoms with Crippen LogP contribution in [0.4, 0.5) is 0 Å². The summed E-state index contributed by atoms with van der Waals surface area (Å²) in [5.74, 6) is -0.208. The van der Waals surface area contributed by atoms with E-state index in [1.807, 2.05) is 0 Å². The first-order chi connectivity index (χ1) is 11.8. The molecule has 4 nitrogen and oxygen atoms in total. The molecular formula is C21H38O4. The Morgan fingerprint density at radius 2 is 1.68 bits per heavy atom. The predicted octanol–water partition coefficient (Wildman–Crippen LogP) is 5.44. The lowest BCUT2D eigenvalue weighted by atomic mass is 9.74. The molecule has 1 fully saturated rings. The van der Waals surface area contributed by atoms with Crippen molar-refractivity contribution in [3.05, 3.63) is 0 Å². The maximum Gasteiger partial charge on any atom is 0.323 e. The molecule has 1 saturated carbocycles. The fourth-order valence-electron chi connectivity index (χ4n) is 4.21. The Morgan fingerprint density at radius 3 is 2.20 bits per heavy atom. The summed E-state index contributed by atoms with van der Waals surface area (Å²) in [5, 5.41) is 9.59. The van der Waals surface area contributed by atoms with Gasteiger partial charge in [0.25, 0.3) is 0 Å². The van der Waals surface area contributed by atoms with Crippen LogP contribution in [-0.4, -0.2) is 23.7 Å². The summed E-state index contributed by atoms with van der Waals surface area (Å²) in [5.41, 5.74) is -1.30. The number of hydrogen-bond acceptors (Lipinski definition) is 3. The van der Waals surface area contributed by atoms with Crippen LogP contribution in [0.15, 0.2) is 0 Å². The van der Waals surface area contributed by atoms with E-state index in [0.717, 1.165) is 25.7 Å². The normalized spacial score (nSPS) is 19.4. The van der Waals surface area contributed by atoms with Crippen LogP contribution in [0.5, 0.6) is 0 Å². The molecule has 1 rings (SSSR count). The van der Waals surface area contributed by atoms with E-state index >= 15 is 0 Å². The van der Waals surface area contributed by atoms with E-state index in [1.54, 1.807) is 0 Å². The third-order valence-electron chi connectivity index (χ3n) is 5.96. The summed E-state index contributed by atoms with van der Waals surface area (Å²) in [6.07, 6.45) is 9.56. The number of hydrogen-bond donors (Lipinski definition) is 1. The number of carboxylic acids is 1. The van der Waals surface area contributed by atoms with Crippen LogP contribution in [0.3, 0.4) is 0 Å². The van der Waals surface area contributed by atoms with E-state index < -0.39 is 17.4 Å². The molecule has 1 N–H and O–H groups in total. The largest absolute Gasteiger partial charge is 0.480 e. The quantitative estimate of drug-likeness (QED) is 0.305. The Morgan fingerprint density at radius 1 is 1.04 bits per heavy atom. The molecule has 4 heteroatoms. The molecule has 0 aromatic carbocycles. The fourth-order valence-corrected chi connectivity index (χ4v) is 4.21. The Hall–Kier alpha value is -1.06. The van der Waals surface area contributed by atoms with Gasteiger partial charge < -0.3 is 9.84 Å². The van der Waals surface area contributed by atoms with Crippen LogP contribution in [0.2, 0.25) is 0 Å². The van der Waals surface area contributed by atoms with Gasteiger partial charge in [0.2, 0.25) is 0 Å². The highest BCUT2D eigenvalue weighted by molar-refractivity contribution is 5.99. The molecule has 1 aliphatic carbocycles. The highest BCUT2D eigenvalue weighted by Gasteiger charge is 2.48. The summed E-state index contributed by atoms with van der Waals surface area (Å²) in [6, 6.07) is 0. The van der Waals surface area contributed by atoms with Gasteiger partial charge in [-0.25, -0.2) is 0 Å². The first-order valence-corrected chi connectivity index (χ1v) is 10.3. The van der Waals surface area contributed by atoms with E-state index in [4.69, 9.17) is 4.74 Å². The van der Waals surface area contributed by atoms with Crippen molar-refractivity contribution in [1.82, 2.24) is 0 Å². The third kappa shape index (κ3) is 6.31. The average molecular weight is 355 g/mol. The lowest BCUT2D eigenvalue weighted by molar-refractivity contribution is -0.172. The molecule has 0 spiro atoms. The van der Waals surface area contributed by atoms with Crippen molar-refractivity contribution in [2.24, 2.45) is 23.2 Å². The molecule has 146 valence electrons. The number of ether oxygens (including phenoxy) is 1. The second-order valence-electron chi connectivity index (χ2n) is 8.28. The van der Waals surface area contributed by atoms with Crippen molar-refractivity contribution in [2.45, 2.75) is 91.9 Å². The Bertz CT molecular complexity index is 410. The molecule has 0 amide bonds. The molecular weight excluding hydrogens is 316 g/mol. The molecule has 2 atom stereocenters. The summed E-state index contributed by atoms with van der Waals surface area (Å²) in [4.78, 5) is 24.3. The second kappa shape index (κ2) is 10.8. The molecule has 0 saturated heterocycles. The topological polar surface area (TPSA) is 63.6 Å². The number of carbonyl (C=O) groups is 2. The van der Waals surface area contributed by atoms with Crippen LogP contribution < -0.4 is 0 Å². The lowest BCUT2D eigenvalue weighted by Crippen LogP contribution is -2.43. The molecule has 0 aromatic heterocycles. The SMILES string of the molecule is CCCCCCC(C(C)C)C(C)COC(=O)C1(C(=O)O)CCCCC1. The maximum atomic E-state index is 12.6. The molecule has 0 heterocycles. The number of rotatable bonds is 11. The number of esters is 1. The summed E-state index contributed by atoms with van der Waals surface area (Å²) >= 11 is 0. The van der Waals surface area contributed by atoms with E-state index in [2.05, 4.69) is 27.7 Å². The Labute approximate surface area is 153 Å². The van der Waals surface area contributed by atoms with Crippen LogP contribution in [0, 0.1) is 23.2 Å². The Balaban J connectivity index is 2.57. The minimum atomic E-state index is -1.30. The first kappa shape index (κ1) is 22.0.